The second-order valence-corrected chi connectivity index (χ2v) is 3.46. The fourth-order valence-corrected chi connectivity index (χ4v) is 1.59. The summed E-state index contributed by atoms with van der Waals surface area (Å²) in [5.74, 6) is -0.771. The highest BCUT2D eigenvalue weighted by molar-refractivity contribution is 5.72. The lowest BCUT2D eigenvalue weighted by atomic mass is 9.98. The monoisotopic (exact) mass is 196 g/mol. The zero-order chi connectivity index (χ0) is 10.4. The molecule has 0 spiro atoms. The van der Waals surface area contributed by atoms with Crippen molar-refractivity contribution in [2.75, 3.05) is 0 Å². The molecule has 2 N–H and O–H groups in total. The van der Waals surface area contributed by atoms with Crippen LogP contribution in [0, 0.1) is 0 Å². The third-order valence-corrected chi connectivity index (χ3v) is 2.27. The summed E-state index contributed by atoms with van der Waals surface area (Å²) in [4.78, 5) is 14.8. The molecule has 0 saturated carbocycles. The van der Waals surface area contributed by atoms with E-state index in [4.69, 9.17) is 5.11 Å². The maximum atomic E-state index is 10.5. The second-order valence-electron chi connectivity index (χ2n) is 3.46. The van der Waals surface area contributed by atoms with Crippen LogP contribution >= 0.6 is 0 Å². The van der Waals surface area contributed by atoms with Crippen LogP contribution in [0.5, 0.6) is 0 Å². The fraction of sp³-hybridized carbons (Fsp3) is 0.600. The SMILES string of the molecule is CCCC1(CCC(=O)O)N=CC=CN1. The van der Waals surface area contributed by atoms with Crippen molar-refractivity contribution < 1.29 is 9.90 Å². The number of hydrogen-bond donors (Lipinski definition) is 2. The molecule has 1 heterocycles. The Kier molecular flexibility index (Phi) is 3.68. The van der Waals surface area contributed by atoms with Crippen molar-refractivity contribution in [3.05, 3.63) is 12.3 Å². The number of carboxylic acid groups (broad SMARTS) is 1. The van der Waals surface area contributed by atoms with E-state index in [1.54, 1.807) is 6.21 Å². The molecule has 14 heavy (non-hydrogen) atoms. The standard InChI is InChI=1S/C10H16N2O2/c1-2-5-10(6-4-9(13)14)11-7-3-8-12-10/h3,7-8,11H,2,4-6H2,1H3,(H,13,14). The number of carboxylic acids is 1. The summed E-state index contributed by atoms with van der Waals surface area (Å²) in [5.41, 5.74) is -0.387. The van der Waals surface area contributed by atoms with Gasteiger partial charge in [0.1, 0.15) is 5.66 Å². The Morgan fingerprint density at radius 1 is 1.57 bits per heavy atom. The Bertz CT molecular complexity index is 261. The summed E-state index contributed by atoms with van der Waals surface area (Å²) in [6.07, 6.45) is 7.90. The van der Waals surface area contributed by atoms with E-state index in [9.17, 15) is 4.79 Å². The molecule has 1 aliphatic heterocycles. The minimum Gasteiger partial charge on any atom is -0.481 e. The lowest BCUT2D eigenvalue weighted by Crippen LogP contribution is -2.42. The Morgan fingerprint density at radius 3 is 2.86 bits per heavy atom. The first-order valence-electron chi connectivity index (χ1n) is 4.88. The Morgan fingerprint density at radius 2 is 2.36 bits per heavy atom. The van der Waals surface area contributed by atoms with E-state index in [1.807, 2.05) is 12.3 Å². The van der Waals surface area contributed by atoms with Crippen molar-refractivity contribution in [1.29, 1.82) is 0 Å². The van der Waals surface area contributed by atoms with Crippen molar-refractivity contribution in [2.24, 2.45) is 4.99 Å². The first-order valence-corrected chi connectivity index (χ1v) is 4.88. The van der Waals surface area contributed by atoms with E-state index in [0.29, 0.717) is 6.42 Å². The first-order chi connectivity index (χ1) is 6.68. The molecule has 4 nitrogen and oxygen atoms in total. The molecule has 1 atom stereocenters. The van der Waals surface area contributed by atoms with Crippen LogP contribution in [0.15, 0.2) is 17.3 Å². The van der Waals surface area contributed by atoms with E-state index >= 15 is 0 Å². The van der Waals surface area contributed by atoms with Gasteiger partial charge in [-0.25, -0.2) is 0 Å². The number of carbonyl (C=O) groups is 1. The molecular formula is C10H16N2O2. The molecular weight excluding hydrogens is 180 g/mol. The van der Waals surface area contributed by atoms with Gasteiger partial charge in [0.2, 0.25) is 0 Å². The number of aliphatic carboxylic acids is 1. The summed E-state index contributed by atoms with van der Waals surface area (Å²) in [5, 5.41) is 11.8. The average molecular weight is 196 g/mol. The zero-order valence-electron chi connectivity index (χ0n) is 8.36. The van der Waals surface area contributed by atoms with Gasteiger partial charge in [0.05, 0.1) is 0 Å². The quantitative estimate of drug-likeness (QED) is 0.701. The largest absolute Gasteiger partial charge is 0.481 e. The van der Waals surface area contributed by atoms with Crippen molar-refractivity contribution in [1.82, 2.24) is 5.32 Å². The van der Waals surface area contributed by atoms with Crippen molar-refractivity contribution in [3.63, 3.8) is 0 Å². The number of rotatable bonds is 5. The lowest BCUT2D eigenvalue weighted by molar-refractivity contribution is -0.137. The highest BCUT2D eigenvalue weighted by Gasteiger charge is 2.27. The van der Waals surface area contributed by atoms with Crippen LogP contribution < -0.4 is 5.32 Å². The molecule has 1 aliphatic rings. The number of nitrogens with zero attached hydrogens (tertiary/aromatic N) is 1. The minimum absolute atomic E-state index is 0.151. The van der Waals surface area contributed by atoms with E-state index in [1.165, 1.54) is 0 Å². The highest BCUT2D eigenvalue weighted by atomic mass is 16.4. The molecule has 0 aromatic heterocycles. The number of nitrogens with one attached hydrogen (secondary N) is 1. The summed E-state index contributed by atoms with van der Waals surface area (Å²) < 4.78 is 0. The normalized spacial score (nSPS) is 24.6. The maximum absolute atomic E-state index is 10.5. The molecule has 0 radical (unpaired) electrons. The molecule has 0 aliphatic carbocycles. The molecule has 1 unspecified atom stereocenters. The van der Waals surface area contributed by atoms with Crippen molar-refractivity contribution in [3.8, 4) is 0 Å². The van der Waals surface area contributed by atoms with Gasteiger partial charge in [-0.1, -0.05) is 13.3 Å². The average Bonchev–Trinajstić information content (AvgIpc) is 2.17. The van der Waals surface area contributed by atoms with Crippen LogP contribution in [0.4, 0.5) is 0 Å². The van der Waals surface area contributed by atoms with E-state index in [2.05, 4.69) is 17.2 Å². The van der Waals surface area contributed by atoms with E-state index in [0.717, 1.165) is 12.8 Å². The predicted octanol–water partition coefficient (Wildman–Crippen LogP) is 1.54. The van der Waals surface area contributed by atoms with Gasteiger partial charge in [-0.3, -0.25) is 9.79 Å². The molecule has 0 fully saturated rings. The lowest BCUT2D eigenvalue weighted by Gasteiger charge is -2.31. The zero-order valence-corrected chi connectivity index (χ0v) is 8.36. The molecule has 78 valence electrons. The maximum Gasteiger partial charge on any atom is 0.303 e. The summed E-state index contributed by atoms with van der Waals surface area (Å²) in [6.45, 7) is 2.07. The third kappa shape index (κ3) is 2.87. The third-order valence-electron chi connectivity index (χ3n) is 2.27. The van der Waals surface area contributed by atoms with Crippen LogP contribution in [0.1, 0.15) is 32.6 Å². The van der Waals surface area contributed by atoms with Crippen LogP contribution in [0.25, 0.3) is 0 Å². The van der Waals surface area contributed by atoms with Crippen LogP contribution in [-0.2, 0) is 4.79 Å². The van der Waals surface area contributed by atoms with Gasteiger partial charge in [0.25, 0.3) is 0 Å². The molecule has 4 heteroatoms. The van der Waals surface area contributed by atoms with Gasteiger partial charge in [-0.05, 0) is 18.7 Å². The topological polar surface area (TPSA) is 61.7 Å². The summed E-state index contributed by atoms with van der Waals surface area (Å²) in [6, 6.07) is 0. The molecule has 1 rings (SSSR count). The minimum atomic E-state index is -0.771. The van der Waals surface area contributed by atoms with Gasteiger partial charge in [0.15, 0.2) is 0 Å². The van der Waals surface area contributed by atoms with E-state index in [-0.39, 0.29) is 12.1 Å². The summed E-state index contributed by atoms with van der Waals surface area (Å²) >= 11 is 0. The fourth-order valence-electron chi connectivity index (χ4n) is 1.59. The Hall–Kier alpha value is -1.32. The smallest absolute Gasteiger partial charge is 0.303 e. The number of hydrogen-bond acceptors (Lipinski definition) is 3. The Balaban J connectivity index is 2.57. The molecule has 0 saturated heterocycles. The summed E-state index contributed by atoms with van der Waals surface area (Å²) in [7, 11) is 0. The van der Waals surface area contributed by atoms with Gasteiger partial charge >= 0.3 is 5.97 Å². The van der Waals surface area contributed by atoms with Crippen LogP contribution in [-0.4, -0.2) is 23.0 Å². The van der Waals surface area contributed by atoms with Crippen molar-refractivity contribution in [2.45, 2.75) is 38.3 Å². The van der Waals surface area contributed by atoms with Gasteiger partial charge < -0.3 is 10.4 Å². The molecule has 0 aromatic rings. The number of allylic oxidation sites excluding steroid dienone is 1. The first kappa shape index (κ1) is 10.8. The van der Waals surface area contributed by atoms with Gasteiger partial charge in [0, 0.05) is 19.1 Å². The highest BCUT2D eigenvalue weighted by Crippen LogP contribution is 2.22. The van der Waals surface area contributed by atoms with Gasteiger partial charge in [-0.2, -0.15) is 0 Å². The van der Waals surface area contributed by atoms with E-state index < -0.39 is 5.97 Å². The molecule has 0 bridgehead atoms. The Labute approximate surface area is 83.7 Å². The molecule has 0 aromatic carbocycles. The van der Waals surface area contributed by atoms with Gasteiger partial charge in [-0.15, -0.1) is 0 Å². The second kappa shape index (κ2) is 4.79. The van der Waals surface area contributed by atoms with Crippen LogP contribution in [0.3, 0.4) is 0 Å². The molecule has 0 amide bonds. The number of aliphatic imine (C=N–C) groups is 1. The van der Waals surface area contributed by atoms with Crippen LogP contribution in [0.2, 0.25) is 0 Å². The predicted molar refractivity (Wildman–Crippen MR) is 55.3 cm³/mol. The van der Waals surface area contributed by atoms with Crippen molar-refractivity contribution >= 4 is 12.2 Å².